The molecule has 11 heteroatoms. The second-order valence-electron chi connectivity index (χ2n) is 11.5. The summed E-state index contributed by atoms with van der Waals surface area (Å²) in [7, 11) is 0. The number of nitrogens with one attached hydrogen (secondary N) is 2. The Labute approximate surface area is 270 Å². The van der Waals surface area contributed by atoms with Crippen LogP contribution in [0.15, 0.2) is 97.1 Å². The van der Waals surface area contributed by atoms with Crippen LogP contribution in [0.25, 0.3) is 11.1 Å². The van der Waals surface area contributed by atoms with Crippen LogP contribution in [0.3, 0.4) is 0 Å². The Morgan fingerprint density at radius 2 is 1.64 bits per heavy atom. The van der Waals surface area contributed by atoms with E-state index in [0.717, 1.165) is 21.7 Å². The molecule has 1 heterocycles. The number of benzene rings is 4. The molecule has 8 nitrogen and oxygen atoms in total. The van der Waals surface area contributed by atoms with E-state index >= 15 is 0 Å². The molecule has 0 radical (unpaired) electrons. The van der Waals surface area contributed by atoms with Gasteiger partial charge in [0.1, 0.15) is 18.0 Å². The zero-order valence-corrected chi connectivity index (χ0v) is 25.4. The number of carbonyl (C=O) groups excluding carboxylic acids is 3. The summed E-state index contributed by atoms with van der Waals surface area (Å²) in [5, 5.41) is 5.48. The minimum Gasteiger partial charge on any atom is -0.457 e. The fourth-order valence-electron chi connectivity index (χ4n) is 6.42. The molecule has 2 unspecified atom stereocenters. The SMILES string of the molecule is O=CNCCN(CC(F)(F)F)C(=O)C1c2ccccc2-c2cccc(N3CCC(NC(=O)c4ccccc4Oc4ccccc4)C3)c21. The number of nitrogens with zero attached hydrogens (tertiary/aromatic N) is 2. The van der Waals surface area contributed by atoms with Gasteiger partial charge in [-0.05, 0) is 53.4 Å². The third-order valence-electron chi connectivity index (χ3n) is 8.44. The minimum absolute atomic E-state index is 0.110. The molecule has 0 saturated carbocycles. The number of fused-ring (bicyclic) bond motifs is 3. The fraction of sp³-hybridized carbons (Fsp3) is 0.250. The first kappa shape index (κ1) is 31.7. The number of hydrogen-bond acceptors (Lipinski definition) is 5. The van der Waals surface area contributed by atoms with Crippen molar-refractivity contribution in [1.29, 1.82) is 0 Å². The Balaban J connectivity index is 1.25. The lowest BCUT2D eigenvalue weighted by atomic mass is 9.93. The van der Waals surface area contributed by atoms with E-state index < -0.39 is 24.5 Å². The van der Waals surface area contributed by atoms with Crippen LogP contribution in [0.1, 0.15) is 33.8 Å². The number of para-hydroxylation sites is 2. The molecule has 1 aliphatic heterocycles. The predicted octanol–water partition coefficient (Wildman–Crippen LogP) is 5.74. The number of rotatable bonds is 11. The van der Waals surface area contributed by atoms with Crippen LogP contribution in [0, 0.1) is 0 Å². The molecule has 1 aliphatic carbocycles. The molecular formula is C36H33F3N4O4. The molecule has 1 saturated heterocycles. The normalized spacial score (nSPS) is 16.6. The van der Waals surface area contributed by atoms with Crippen molar-refractivity contribution >= 4 is 23.9 Å². The van der Waals surface area contributed by atoms with Gasteiger partial charge in [0, 0.05) is 43.5 Å². The van der Waals surface area contributed by atoms with Crippen molar-refractivity contribution < 1.29 is 32.3 Å². The fourth-order valence-corrected chi connectivity index (χ4v) is 6.42. The van der Waals surface area contributed by atoms with Crippen LogP contribution in [0.5, 0.6) is 11.5 Å². The first-order valence-electron chi connectivity index (χ1n) is 15.4. The molecule has 47 heavy (non-hydrogen) atoms. The Morgan fingerprint density at radius 1 is 0.915 bits per heavy atom. The Morgan fingerprint density at radius 3 is 2.43 bits per heavy atom. The molecule has 2 N–H and O–H groups in total. The van der Waals surface area contributed by atoms with E-state index in [1.54, 1.807) is 36.4 Å². The summed E-state index contributed by atoms with van der Waals surface area (Å²) >= 11 is 0. The summed E-state index contributed by atoms with van der Waals surface area (Å²) < 4.78 is 46.9. The van der Waals surface area contributed by atoms with Crippen molar-refractivity contribution in [2.24, 2.45) is 0 Å². The average molecular weight is 643 g/mol. The summed E-state index contributed by atoms with van der Waals surface area (Å²) in [4.78, 5) is 41.2. The van der Waals surface area contributed by atoms with Crippen molar-refractivity contribution in [3.05, 3.63) is 114 Å². The molecule has 4 aromatic carbocycles. The molecule has 0 bridgehead atoms. The van der Waals surface area contributed by atoms with Crippen LogP contribution in [0.4, 0.5) is 18.9 Å². The average Bonchev–Trinajstić information content (AvgIpc) is 3.67. The first-order chi connectivity index (χ1) is 22.7. The lowest BCUT2D eigenvalue weighted by molar-refractivity contribution is -0.161. The predicted molar refractivity (Wildman–Crippen MR) is 171 cm³/mol. The van der Waals surface area contributed by atoms with Gasteiger partial charge in [-0.25, -0.2) is 0 Å². The van der Waals surface area contributed by atoms with Crippen LogP contribution in [-0.2, 0) is 9.59 Å². The van der Waals surface area contributed by atoms with Crippen molar-refractivity contribution in [1.82, 2.24) is 15.5 Å². The summed E-state index contributed by atoms with van der Waals surface area (Å²) in [5.41, 5.74) is 3.98. The van der Waals surface area contributed by atoms with Crippen LogP contribution >= 0.6 is 0 Å². The largest absolute Gasteiger partial charge is 0.457 e. The van der Waals surface area contributed by atoms with E-state index in [0.29, 0.717) is 54.1 Å². The monoisotopic (exact) mass is 642 g/mol. The van der Waals surface area contributed by atoms with Crippen molar-refractivity contribution in [3.63, 3.8) is 0 Å². The zero-order chi connectivity index (χ0) is 33.0. The number of alkyl halides is 3. The van der Waals surface area contributed by atoms with Gasteiger partial charge in [0.15, 0.2) is 0 Å². The summed E-state index contributed by atoms with van der Waals surface area (Å²) in [6.07, 6.45) is -3.60. The molecule has 1 fully saturated rings. The van der Waals surface area contributed by atoms with Gasteiger partial charge in [-0.1, -0.05) is 66.7 Å². The Hall–Kier alpha value is -5.32. The summed E-state index contributed by atoms with van der Waals surface area (Å²) in [5.74, 6) is -0.900. The van der Waals surface area contributed by atoms with Gasteiger partial charge in [-0.2, -0.15) is 13.2 Å². The van der Waals surface area contributed by atoms with E-state index in [-0.39, 0.29) is 25.0 Å². The molecule has 0 spiro atoms. The third kappa shape index (κ3) is 6.94. The van der Waals surface area contributed by atoms with E-state index in [4.69, 9.17) is 4.74 Å². The smallest absolute Gasteiger partial charge is 0.406 e. The number of carbonyl (C=O) groups is 3. The maximum Gasteiger partial charge on any atom is 0.406 e. The molecule has 2 aliphatic rings. The molecule has 242 valence electrons. The van der Waals surface area contributed by atoms with Gasteiger partial charge < -0.3 is 25.2 Å². The topological polar surface area (TPSA) is 91.0 Å². The highest BCUT2D eigenvalue weighted by Crippen LogP contribution is 2.50. The van der Waals surface area contributed by atoms with Gasteiger partial charge in [-0.3, -0.25) is 14.4 Å². The number of amides is 3. The van der Waals surface area contributed by atoms with E-state index in [1.165, 1.54) is 0 Å². The van der Waals surface area contributed by atoms with Crippen LogP contribution in [0.2, 0.25) is 0 Å². The molecule has 2 atom stereocenters. The zero-order valence-electron chi connectivity index (χ0n) is 25.4. The van der Waals surface area contributed by atoms with Gasteiger partial charge in [0.2, 0.25) is 12.3 Å². The van der Waals surface area contributed by atoms with E-state index in [1.807, 2.05) is 60.7 Å². The van der Waals surface area contributed by atoms with Gasteiger partial charge in [0.25, 0.3) is 5.91 Å². The van der Waals surface area contributed by atoms with E-state index in [2.05, 4.69) is 15.5 Å². The highest BCUT2D eigenvalue weighted by Gasteiger charge is 2.42. The Bertz CT molecular complexity index is 1760. The molecule has 0 aromatic heterocycles. The number of ether oxygens (including phenoxy) is 1. The maximum absolute atomic E-state index is 14.1. The van der Waals surface area contributed by atoms with Crippen molar-refractivity contribution in [3.8, 4) is 22.6 Å². The van der Waals surface area contributed by atoms with E-state index in [9.17, 15) is 27.6 Å². The number of anilines is 1. The summed E-state index contributed by atoms with van der Waals surface area (Å²) in [6, 6.07) is 28.9. The maximum atomic E-state index is 14.1. The summed E-state index contributed by atoms with van der Waals surface area (Å²) in [6.45, 7) is -0.829. The molecule has 4 aromatic rings. The molecule has 6 rings (SSSR count). The quantitative estimate of drug-likeness (QED) is 0.161. The van der Waals surface area contributed by atoms with Gasteiger partial charge >= 0.3 is 6.18 Å². The van der Waals surface area contributed by atoms with Crippen molar-refractivity contribution in [2.45, 2.75) is 24.6 Å². The van der Waals surface area contributed by atoms with Crippen LogP contribution in [-0.4, -0.2) is 68.1 Å². The Kier molecular flexibility index (Phi) is 9.15. The minimum atomic E-state index is -4.62. The van der Waals surface area contributed by atoms with Gasteiger partial charge in [0.05, 0.1) is 11.5 Å². The lowest BCUT2D eigenvalue weighted by Gasteiger charge is -2.30. The second kappa shape index (κ2) is 13.6. The molecule has 3 amide bonds. The number of halogens is 3. The van der Waals surface area contributed by atoms with Crippen LogP contribution < -0.4 is 20.3 Å². The second-order valence-corrected chi connectivity index (χ2v) is 11.5. The number of hydrogen-bond donors (Lipinski definition) is 2. The standard InChI is InChI=1S/C36H33F3N4O4/c37-36(38,39)22-43(20-18-40-23-44)35(46)33-28-12-5-4-11-26(28)27-14-8-15-30(32(27)33)42-19-17-24(21-42)41-34(45)29-13-6-7-16-31(29)47-25-9-2-1-3-10-25/h1-16,23-24,33H,17-22H2,(H,40,44)(H,41,45). The molecular weight excluding hydrogens is 609 g/mol. The highest BCUT2D eigenvalue weighted by molar-refractivity contribution is 5.99. The van der Waals surface area contributed by atoms with Crippen molar-refractivity contribution in [2.75, 3.05) is 37.6 Å². The lowest BCUT2D eigenvalue weighted by Crippen LogP contribution is -2.44. The van der Waals surface area contributed by atoms with Gasteiger partial charge in [-0.15, -0.1) is 0 Å². The highest BCUT2D eigenvalue weighted by atomic mass is 19.4. The first-order valence-corrected chi connectivity index (χ1v) is 15.4. The third-order valence-corrected chi connectivity index (χ3v) is 8.44.